The Hall–Kier alpha value is -3.02. The van der Waals surface area contributed by atoms with Gasteiger partial charge in [0.05, 0.1) is 26.3 Å². The summed E-state index contributed by atoms with van der Waals surface area (Å²) in [6.45, 7) is 1.79. The van der Waals surface area contributed by atoms with Gasteiger partial charge in [0.25, 0.3) is 0 Å². The summed E-state index contributed by atoms with van der Waals surface area (Å²) < 4.78 is 15.9. The van der Waals surface area contributed by atoms with Crippen LogP contribution >= 0.6 is 0 Å². The molecule has 1 amide bonds. The van der Waals surface area contributed by atoms with E-state index >= 15 is 0 Å². The van der Waals surface area contributed by atoms with Crippen LogP contribution in [0.4, 0.5) is 5.69 Å². The number of fused-ring (bicyclic) bond motifs is 1. The number of nitrogens with zero attached hydrogens (tertiary/aromatic N) is 1. The first kappa shape index (κ1) is 15.9. The molecule has 2 aromatic carbocycles. The third-order valence-electron chi connectivity index (χ3n) is 3.61. The number of anilines is 1. The average molecular weight is 326 g/mol. The minimum Gasteiger partial charge on any atom is -0.497 e. The van der Waals surface area contributed by atoms with Crippen LogP contribution in [0.5, 0.6) is 11.5 Å². The highest BCUT2D eigenvalue weighted by molar-refractivity contribution is 5.94. The Labute approximate surface area is 139 Å². The molecule has 0 unspecified atom stereocenters. The Balaban J connectivity index is 1.74. The summed E-state index contributed by atoms with van der Waals surface area (Å²) in [5.74, 6) is 1.67. The van der Waals surface area contributed by atoms with E-state index in [1.807, 2.05) is 18.2 Å². The molecule has 124 valence electrons. The number of aromatic nitrogens is 1. The molecule has 1 aromatic heterocycles. The number of nitrogens with one attached hydrogen (secondary N) is 1. The number of hydrogen-bond donors (Lipinski definition) is 1. The molecule has 0 aliphatic carbocycles. The number of methoxy groups -OCH3 is 2. The van der Waals surface area contributed by atoms with Gasteiger partial charge in [0, 0.05) is 13.0 Å². The van der Waals surface area contributed by atoms with Crippen LogP contribution in [0, 0.1) is 6.92 Å². The van der Waals surface area contributed by atoms with Crippen LogP contribution in [-0.4, -0.2) is 25.1 Å². The average Bonchev–Trinajstić information content (AvgIpc) is 2.94. The molecular weight excluding hydrogens is 308 g/mol. The van der Waals surface area contributed by atoms with Crippen molar-refractivity contribution in [2.24, 2.45) is 0 Å². The van der Waals surface area contributed by atoms with Gasteiger partial charge in [-0.25, -0.2) is 4.98 Å². The third kappa shape index (κ3) is 3.32. The highest BCUT2D eigenvalue weighted by Gasteiger charge is 2.11. The molecule has 0 fully saturated rings. The molecule has 0 radical (unpaired) electrons. The molecule has 6 heteroatoms. The van der Waals surface area contributed by atoms with Gasteiger partial charge < -0.3 is 19.2 Å². The summed E-state index contributed by atoms with van der Waals surface area (Å²) in [7, 11) is 3.12. The Morgan fingerprint density at radius 2 is 2.00 bits per heavy atom. The maximum absolute atomic E-state index is 12.3. The predicted octanol–water partition coefficient (Wildman–Crippen LogP) is 3.33. The maximum atomic E-state index is 12.3. The SMILES string of the molecule is COc1ccc(NC(=O)Cc2ccc3nc(C)oc3c2)c(OC)c1. The Morgan fingerprint density at radius 1 is 1.17 bits per heavy atom. The fourth-order valence-corrected chi connectivity index (χ4v) is 2.48. The number of aryl methyl sites for hydroxylation is 1. The lowest BCUT2D eigenvalue weighted by Crippen LogP contribution is -2.15. The molecule has 1 N–H and O–H groups in total. The van der Waals surface area contributed by atoms with Crippen LogP contribution in [0.15, 0.2) is 40.8 Å². The van der Waals surface area contributed by atoms with E-state index in [-0.39, 0.29) is 12.3 Å². The zero-order chi connectivity index (χ0) is 17.1. The van der Waals surface area contributed by atoms with Crippen LogP contribution in [0.1, 0.15) is 11.5 Å². The van der Waals surface area contributed by atoms with E-state index in [0.29, 0.717) is 28.7 Å². The summed E-state index contributed by atoms with van der Waals surface area (Å²) in [6.07, 6.45) is 0.227. The van der Waals surface area contributed by atoms with E-state index in [1.54, 1.807) is 39.3 Å². The van der Waals surface area contributed by atoms with Crippen molar-refractivity contribution in [1.29, 1.82) is 0 Å². The highest BCUT2D eigenvalue weighted by atomic mass is 16.5. The van der Waals surface area contributed by atoms with Crippen molar-refractivity contribution in [3.05, 3.63) is 47.9 Å². The largest absolute Gasteiger partial charge is 0.497 e. The van der Waals surface area contributed by atoms with E-state index in [4.69, 9.17) is 13.9 Å². The zero-order valence-electron chi connectivity index (χ0n) is 13.8. The van der Waals surface area contributed by atoms with Crippen LogP contribution in [-0.2, 0) is 11.2 Å². The fraction of sp³-hybridized carbons (Fsp3) is 0.222. The predicted molar refractivity (Wildman–Crippen MR) is 90.6 cm³/mol. The summed E-state index contributed by atoms with van der Waals surface area (Å²) in [5, 5.41) is 2.85. The Kier molecular flexibility index (Phi) is 4.37. The van der Waals surface area contributed by atoms with Gasteiger partial charge >= 0.3 is 0 Å². The molecule has 6 nitrogen and oxygen atoms in total. The minimum atomic E-state index is -0.144. The number of rotatable bonds is 5. The minimum absolute atomic E-state index is 0.144. The van der Waals surface area contributed by atoms with E-state index in [1.165, 1.54) is 0 Å². The number of carbonyl (C=O) groups excluding carboxylic acids is 1. The first-order chi connectivity index (χ1) is 11.6. The summed E-state index contributed by atoms with van der Waals surface area (Å²) in [5.41, 5.74) is 2.91. The first-order valence-corrected chi connectivity index (χ1v) is 7.47. The van der Waals surface area contributed by atoms with Crippen LogP contribution in [0.25, 0.3) is 11.1 Å². The second kappa shape index (κ2) is 6.62. The molecule has 3 aromatic rings. The molecule has 0 saturated heterocycles. The molecule has 0 aliphatic rings. The maximum Gasteiger partial charge on any atom is 0.228 e. The van der Waals surface area contributed by atoms with Gasteiger partial charge in [0.15, 0.2) is 11.5 Å². The van der Waals surface area contributed by atoms with Gasteiger partial charge in [-0.05, 0) is 29.8 Å². The molecule has 0 saturated carbocycles. The zero-order valence-corrected chi connectivity index (χ0v) is 13.8. The molecule has 0 bridgehead atoms. The number of benzene rings is 2. The highest BCUT2D eigenvalue weighted by Crippen LogP contribution is 2.29. The van der Waals surface area contributed by atoms with Gasteiger partial charge in [-0.15, -0.1) is 0 Å². The van der Waals surface area contributed by atoms with Crippen molar-refractivity contribution in [3.63, 3.8) is 0 Å². The number of carbonyl (C=O) groups is 1. The van der Waals surface area contributed by atoms with E-state index in [0.717, 1.165) is 11.1 Å². The van der Waals surface area contributed by atoms with Gasteiger partial charge in [-0.2, -0.15) is 0 Å². The molecule has 3 rings (SSSR count). The van der Waals surface area contributed by atoms with Gasteiger partial charge in [0.2, 0.25) is 5.91 Å². The number of oxazole rings is 1. The van der Waals surface area contributed by atoms with Gasteiger partial charge in [-0.1, -0.05) is 6.07 Å². The van der Waals surface area contributed by atoms with Gasteiger partial charge in [-0.3, -0.25) is 4.79 Å². The fourth-order valence-electron chi connectivity index (χ4n) is 2.48. The second-order valence-corrected chi connectivity index (χ2v) is 5.33. The van der Waals surface area contributed by atoms with Crippen LogP contribution in [0.2, 0.25) is 0 Å². The lowest BCUT2D eigenvalue weighted by Gasteiger charge is -2.11. The standard InChI is InChI=1S/C18H18N2O4/c1-11-19-15-6-4-12(8-17(15)24-11)9-18(21)20-14-7-5-13(22-2)10-16(14)23-3/h4-8,10H,9H2,1-3H3,(H,20,21). The number of hydrogen-bond acceptors (Lipinski definition) is 5. The number of ether oxygens (including phenoxy) is 2. The summed E-state index contributed by atoms with van der Waals surface area (Å²) in [6, 6.07) is 10.8. The monoisotopic (exact) mass is 326 g/mol. The molecule has 1 heterocycles. The van der Waals surface area contributed by atoms with E-state index in [9.17, 15) is 4.79 Å². The van der Waals surface area contributed by atoms with Crippen molar-refractivity contribution >= 4 is 22.7 Å². The van der Waals surface area contributed by atoms with Crippen molar-refractivity contribution in [3.8, 4) is 11.5 Å². The quantitative estimate of drug-likeness (QED) is 0.778. The summed E-state index contributed by atoms with van der Waals surface area (Å²) in [4.78, 5) is 16.5. The smallest absolute Gasteiger partial charge is 0.228 e. The van der Waals surface area contributed by atoms with Crippen molar-refractivity contribution in [2.45, 2.75) is 13.3 Å². The molecule has 0 spiro atoms. The Morgan fingerprint density at radius 3 is 2.75 bits per heavy atom. The lowest BCUT2D eigenvalue weighted by molar-refractivity contribution is -0.115. The van der Waals surface area contributed by atoms with Crippen molar-refractivity contribution in [1.82, 2.24) is 4.98 Å². The summed E-state index contributed by atoms with van der Waals surface area (Å²) >= 11 is 0. The molecule has 24 heavy (non-hydrogen) atoms. The third-order valence-corrected chi connectivity index (χ3v) is 3.61. The molecule has 0 aliphatic heterocycles. The van der Waals surface area contributed by atoms with Crippen LogP contribution < -0.4 is 14.8 Å². The number of amides is 1. The second-order valence-electron chi connectivity index (χ2n) is 5.33. The first-order valence-electron chi connectivity index (χ1n) is 7.47. The Bertz CT molecular complexity index is 886. The van der Waals surface area contributed by atoms with E-state index < -0.39 is 0 Å². The topological polar surface area (TPSA) is 73.6 Å². The van der Waals surface area contributed by atoms with Crippen molar-refractivity contribution in [2.75, 3.05) is 19.5 Å². The van der Waals surface area contributed by atoms with Gasteiger partial charge in [0.1, 0.15) is 17.0 Å². The van der Waals surface area contributed by atoms with E-state index in [2.05, 4.69) is 10.3 Å². The molecular formula is C18H18N2O4. The molecule has 0 atom stereocenters. The van der Waals surface area contributed by atoms with Crippen LogP contribution in [0.3, 0.4) is 0 Å². The normalized spacial score (nSPS) is 10.6. The van der Waals surface area contributed by atoms with Crippen molar-refractivity contribution < 1.29 is 18.7 Å². The lowest BCUT2D eigenvalue weighted by atomic mass is 10.1.